The van der Waals surface area contributed by atoms with Gasteiger partial charge in [0.05, 0.1) is 10.4 Å². The Morgan fingerprint density at radius 1 is 0.889 bits per heavy atom. The SMILES string of the molecule is O=C1c2ccccc2C(=O)c2c1sc1nc(-c3ccc(Cl)cc3)oc(=O)c21. The monoisotopic (exact) mass is 393 g/mol. The maximum Gasteiger partial charge on any atom is 0.348 e. The minimum atomic E-state index is -0.692. The van der Waals surface area contributed by atoms with Crippen molar-refractivity contribution in [1.29, 1.82) is 0 Å². The maximum atomic E-state index is 12.9. The number of rotatable bonds is 1. The van der Waals surface area contributed by atoms with Gasteiger partial charge in [-0.15, -0.1) is 11.3 Å². The quantitative estimate of drug-likeness (QED) is 0.423. The molecule has 0 saturated carbocycles. The van der Waals surface area contributed by atoms with Crippen LogP contribution in [0.15, 0.2) is 57.7 Å². The molecule has 0 fully saturated rings. The Hall–Kier alpha value is -3.09. The van der Waals surface area contributed by atoms with E-state index in [9.17, 15) is 14.4 Å². The second-order valence-corrected chi connectivity index (χ2v) is 7.44. The highest BCUT2D eigenvalue weighted by Crippen LogP contribution is 2.37. The number of ketones is 2. The van der Waals surface area contributed by atoms with Crippen molar-refractivity contribution in [2.24, 2.45) is 0 Å². The molecule has 27 heavy (non-hydrogen) atoms. The summed E-state index contributed by atoms with van der Waals surface area (Å²) in [5.74, 6) is -0.532. The first kappa shape index (κ1) is 16.1. The van der Waals surface area contributed by atoms with Crippen LogP contribution in [0.1, 0.15) is 31.2 Å². The van der Waals surface area contributed by atoms with Crippen molar-refractivity contribution in [3.05, 3.63) is 85.5 Å². The minimum absolute atomic E-state index is 0.0561. The van der Waals surface area contributed by atoms with Crippen molar-refractivity contribution >= 4 is 44.7 Å². The predicted molar refractivity (Wildman–Crippen MR) is 102 cm³/mol. The molecule has 1 aliphatic rings. The number of fused-ring (bicyclic) bond motifs is 4. The van der Waals surface area contributed by atoms with Crippen molar-refractivity contribution < 1.29 is 14.0 Å². The van der Waals surface area contributed by atoms with Gasteiger partial charge in [-0.1, -0.05) is 35.9 Å². The van der Waals surface area contributed by atoms with Crippen LogP contribution in [0, 0.1) is 0 Å². The fraction of sp³-hybridized carbons (Fsp3) is 0. The van der Waals surface area contributed by atoms with Crippen molar-refractivity contribution in [3.63, 3.8) is 0 Å². The van der Waals surface area contributed by atoms with E-state index in [-0.39, 0.29) is 38.8 Å². The van der Waals surface area contributed by atoms with E-state index in [2.05, 4.69) is 4.98 Å². The van der Waals surface area contributed by atoms with Crippen molar-refractivity contribution in [2.45, 2.75) is 0 Å². The second kappa shape index (κ2) is 5.70. The average Bonchev–Trinajstić information content (AvgIpc) is 3.07. The van der Waals surface area contributed by atoms with Gasteiger partial charge in [0.2, 0.25) is 11.7 Å². The van der Waals surface area contributed by atoms with E-state index in [0.717, 1.165) is 11.3 Å². The van der Waals surface area contributed by atoms with Crippen LogP contribution in [0.25, 0.3) is 21.7 Å². The highest BCUT2D eigenvalue weighted by Gasteiger charge is 2.35. The molecule has 2 aromatic heterocycles. The normalized spacial score (nSPS) is 12.9. The standard InChI is InChI=1S/C20H8ClNO4S/c21-10-7-5-9(6-8-10)18-22-19-14(20(25)26-18)13-15(23)11-3-1-2-4-12(11)16(24)17(13)27-19/h1-8H. The molecule has 0 amide bonds. The molecular formula is C20H8ClNO4S. The summed E-state index contributed by atoms with van der Waals surface area (Å²) in [6.07, 6.45) is 0. The van der Waals surface area contributed by atoms with Crippen LogP contribution >= 0.6 is 22.9 Å². The Kier molecular flexibility index (Phi) is 3.40. The van der Waals surface area contributed by atoms with E-state index in [1.165, 1.54) is 0 Å². The first-order valence-corrected chi connectivity index (χ1v) is 9.16. The van der Waals surface area contributed by atoms with Gasteiger partial charge in [0.1, 0.15) is 10.2 Å². The van der Waals surface area contributed by atoms with E-state index in [1.807, 2.05) is 0 Å². The number of carbonyl (C=O) groups is 2. The molecular weight excluding hydrogens is 386 g/mol. The Labute approximate surface area is 160 Å². The molecule has 0 unspecified atom stereocenters. The van der Waals surface area contributed by atoms with Gasteiger partial charge in [0, 0.05) is 21.7 Å². The summed E-state index contributed by atoms with van der Waals surface area (Å²) < 4.78 is 5.35. The molecule has 4 aromatic rings. The highest BCUT2D eigenvalue weighted by atomic mass is 35.5. The van der Waals surface area contributed by atoms with E-state index >= 15 is 0 Å². The van der Waals surface area contributed by atoms with Gasteiger partial charge < -0.3 is 4.42 Å². The zero-order valence-corrected chi connectivity index (χ0v) is 15.1. The minimum Gasteiger partial charge on any atom is -0.403 e. The smallest absolute Gasteiger partial charge is 0.348 e. The number of carbonyl (C=O) groups excluding carboxylic acids is 2. The van der Waals surface area contributed by atoms with Gasteiger partial charge in [0.15, 0.2) is 5.78 Å². The summed E-state index contributed by atoms with van der Waals surface area (Å²) in [4.78, 5) is 43.3. The average molecular weight is 394 g/mol. The number of thiophene rings is 1. The molecule has 2 aromatic carbocycles. The van der Waals surface area contributed by atoms with Crippen LogP contribution in [0.2, 0.25) is 5.02 Å². The lowest BCUT2D eigenvalue weighted by molar-refractivity contribution is 0.0983. The zero-order chi connectivity index (χ0) is 18.7. The van der Waals surface area contributed by atoms with Crippen LogP contribution in [-0.4, -0.2) is 16.6 Å². The van der Waals surface area contributed by atoms with Crippen LogP contribution in [0.5, 0.6) is 0 Å². The molecule has 0 N–H and O–H groups in total. The van der Waals surface area contributed by atoms with E-state index in [1.54, 1.807) is 48.5 Å². The highest BCUT2D eigenvalue weighted by molar-refractivity contribution is 7.21. The summed E-state index contributed by atoms with van der Waals surface area (Å²) >= 11 is 6.92. The van der Waals surface area contributed by atoms with Crippen molar-refractivity contribution in [2.75, 3.05) is 0 Å². The Balaban J connectivity index is 1.78. The topological polar surface area (TPSA) is 77.2 Å². The van der Waals surface area contributed by atoms with Crippen LogP contribution < -0.4 is 5.63 Å². The zero-order valence-electron chi connectivity index (χ0n) is 13.5. The molecule has 0 saturated heterocycles. The van der Waals surface area contributed by atoms with Gasteiger partial charge in [0.25, 0.3) is 0 Å². The van der Waals surface area contributed by atoms with Crippen LogP contribution in [-0.2, 0) is 0 Å². The molecule has 0 atom stereocenters. The molecule has 0 aliphatic heterocycles. The Morgan fingerprint density at radius 2 is 1.56 bits per heavy atom. The summed E-state index contributed by atoms with van der Waals surface area (Å²) in [5.41, 5.74) is 0.594. The predicted octanol–water partition coefficient (Wildman–Crippen LogP) is 4.35. The first-order valence-electron chi connectivity index (χ1n) is 7.96. The van der Waals surface area contributed by atoms with E-state index < -0.39 is 5.63 Å². The number of aromatic nitrogens is 1. The van der Waals surface area contributed by atoms with Gasteiger partial charge in [-0.05, 0) is 24.3 Å². The molecule has 0 radical (unpaired) electrons. The number of hydrogen-bond donors (Lipinski definition) is 0. The van der Waals surface area contributed by atoms with Gasteiger partial charge in [-0.2, -0.15) is 0 Å². The molecule has 1 aliphatic carbocycles. The second-order valence-electron chi connectivity index (χ2n) is 6.00. The number of halogens is 1. The summed E-state index contributed by atoms with van der Waals surface area (Å²) in [6, 6.07) is 13.3. The molecule has 0 spiro atoms. The largest absolute Gasteiger partial charge is 0.403 e. The number of benzene rings is 2. The Morgan fingerprint density at radius 3 is 2.26 bits per heavy atom. The van der Waals surface area contributed by atoms with E-state index in [0.29, 0.717) is 21.0 Å². The number of hydrogen-bond acceptors (Lipinski definition) is 6. The maximum absolute atomic E-state index is 12.9. The number of nitrogens with zero attached hydrogens (tertiary/aromatic N) is 1. The molecule has 130 valence electrons. The van der Waals surface area contributed by atoms with Gasteiger partial charge >= 0.3 is 5.63 Å². The van der Waals surface area contributed by atoms with E-state index in [4.69, 9.17) is 16.0 Å². The molecule has 2 heterocycles. The fourth-order valence-electron chi connectivity index (χ4n) is 3.17. The third-order valence-electron chi connectivity index (χ3n) is 4.43. The lowest BCUT2D eigenvalue weighted by atomic mass is 9.88. The van der Waals surface area contributed by atoms with Gasteiger partial charge in [-0.25, -0.2) is 9.78 Å². The van der Waals surface area contributed by atoms with Crippen LogP contribution in [0.3, 0.4) is 0 Å². The lowest BCUT2D eigenvalue weighted by Crippen LogP contribution is -2.20. The van der Waals surface area contributed by atoms with Crippen molar-refractivity contribution in [1.82, 2.24) is 4.98 Å². The molecule has 5 nitrogen and oxygen atoms in total. The lowest BCUT2D eigenvalue weighted by Gasteiger charge is -2.13. The van der Waals surface area contributed by atoms with Crippen molar-refractivity contribution in [3.8, 4) is 11.5 Å². The Bertz CT molecular complexity index is 1330. The fourth-order valence-corrected chi connectivity index (χ4v) is 4.40. The summed E-state index contributed by atoms with van der Waals surface area (Å²) in [5, 5.41) is 0.600. The molecule has 5 rings (SSSR count). The summed E-state index contributed by atoms with van der Waals surface area (Å²) in [7, 11) is 0. The summed E-state index contributed by atoms with van der Waals surface area (Å²) in [6.45, 7) is 0. The van der Waals surface area contributed by atoms with Crippen LogP contribution in [0.4, 0.5) is 0 Å². The molecule has 7 heteroatoms. The van der Waals surface area contributed by atoms with Gasteiger partial charge in [-0.3, -0.25) is 9.59 Å². The third-order valence-corrected chi connectivity index (χ3v) is 5.76. The first-order chi connectivity index (χ1) is 13.0. The molecule has 0 bridgehead atoms. The third kappa shape index (κ3) is 2.31.